The highest BCUT2D eigenvalue weighted by Crippen LogP contribution is 2.43. The van der Waals surface area contributed by atoms with Crippen LogP contribution in [0.4, 0.5) is 0 Å². The minimum atomic E-state index is 0.581. The Bertz CT molecular complexity index is 400. The van der Waals surface area contributed by atoms with Gasteiger partial charge in [-0.15, -0.1) is 0 Å². The van der Waals surface area contributed by atoms with Gasteiger partial charge < -0.3 is 0 Å². The van der Waals surface area contributed by atoms with Crippen LogP contribution in [0.3, 0.4) is 0 Å². The summed E-state index contributed by atoms with van der Waals surface area (Å²) in [6.45, 7) is 0. The van der Waals surface area contributed by atoms with E-state index in [0.717, 1.165) is 9.39 Å². The monoisotopic (exact) mass is 334 g/mol. The SMILES string of the molecule is Clc1nc(C2CCC2)nc(C2CC2)c1I. The van der Waals surface area contributed by atoms with E-state index in [9.17, 15) is 0 Å². The average Bonchev–Trinajstić information content (AvgIpc) is 2.90. The summed E-state index contributed by atoms with van der Waals surface area (Å²) in [5, 5.41) is 0.661. The van der Waals surface area contributed by atoms with Gasteiger partial charge in [0.2, 0.25) is 0 Å². The lowest BCUT2D eigenvalue weighted by molar-refractivity contribution is 0.400. The third-order valence-electron chi connectivity index (χ3n) is 3.29. The van der Waals surface area contributed by atoms with Crippen LogP contribution in [0.25, 0.3) is 0 Å². The van der Waals surface area contributed by atoms with E-state index < -0.39 is 0 Å². The summed E-state index contributed by atoms with van der Waals surface area (Å²) < 4.78 is 1.07. The lowest BCUT2D eigenvalue weighted by Crippen LogP contribution is -2.14. The molecule has 0 radical (unpaired) electrons. The maximum absolute atomic E-state index is 6.16. The van der Waals surface area contributed by atoms with Crippen LogP contribution in [0.5, 0.6) is 0 Å². The van der Waals surface area contributed by atoms with Crippen molar-refractivity contribution >= 4 is 34.2 Å². The van der Waals surface area contributed by atoms with Gasteiger partial charge in [0.25, 0.3) is 0 Å². The summed E-state index contributed by atoms with van der Waals surface area (Å²) in [5.41, 5.74) is 1.21. The highest BCUT2D eigenvalue weighted by atomic mass is 127. The minimum Gasteiger partial charge on any atom is -0.236 e. The first-order valence-corrected chi connectivity index (χ1v) is 6.94. The van der Waals surface area contributed by atoms with Gasteiger partial charge >= 0.3 is 0 Å². The van der Waals surface area contributed by atoms with Crippen molar-refractivity contribution in [1.29, 1.82) is 0 Å². The summed E-state index contributed by atoms with van der Waals surface area (Å²) in [5.74, 6) is 2.24. The fraction of sp³-hybridized carbons (Fsp3) is 0.636. The van der Waals surface area contributed by atoms with Crippen molar-refractivity contribution in [2.24, 2.45) is 0 Å². The zero-order valence-electron chi connectivity index (χ0n) is 8.34. The second-order valence-electron chi connectivity index (χ2n) is 4.47. The molecule has 0 aliphatic heterocycles. The zero-order chi connectivity index (χ0) is 10.4. The summed E-state index contributed by atoms with van der Waals surface area (Å²) in [7, 11) is 0. The molecule has 4 heteroatoms. The van der Waals surface area contributed by atoms with Gasteiger partial charge in [-0.3, -0.25) is 0 Å². The van der Waals surface area contributed by atoms with Crippen molar-refractivity contribution < 1.29 is 0 Å². The summed E-state index contributed by atoms with van der Waals surface area (Å²) in [6, 6.07) is 0. The second kappa shape index (κ2) is 3.84. The molecule has 2 aliphatic rings. The Balaban J connectivity index is 2.00. The summed E-state index contributed by atoms with van der Waals surface area (Å²) >= 11 is 8.43. The van der Waals surface area contributed by atoms with Crippen LogP contribution in [0, 0.1) is 3.57 Å². The predicted molar refractivity (Wildman–Crippen MR) is 68.3 cm³/mol. The molecule has 0 bridgehead atoms. The van der Waals surface area contributed by atoms with Crippen LogP contribution < -0.4 is 0 Å². The normalized spacial score (nSPS) is 21.5. The van der Waals surface area contributed by atoms with E-state index in [0.29, 0.717) is 17.0 Å². The average molecular weight is 335 g/mol. The number of hydrogen-bond acceptors (Lipinski definition) is 2. The highest BCUT2D eigenvalue weighted by molar-refractivity contribution is 14.1. The molecule has 2 aliphatic carbocycles. The Labute approximate surface area is 108 Å². The maximum Gasteiger partial charge on any atom is 0.146 e. The van der Waals surface area contributed by atoms with Crippen molar-refractivity contribution in [2.45, 2.75) is 43.9 Å². The molecule has 1 aromatic rings. The standard InChI is InChI=1S/C11H12ClIN2/c12-10-8(13)9(6-4-5-6)14-11(15-10)7-2-1-3-7/h6-7H,1-5H2. The minimum absolute atomic E-state index is 0.581. The molecule has 0 saturated heterocycles. The fourth-order valence-electron chi connectivity index (χ4n) is 1.93. The molecule has 0 atom stereocenters. The van der Waals surface area contributed by atoms with Gasteiger partial charge in [0.05, 0.1) is 9.26 Å². The van der Waals surface area contributed by atoms with E-state index in [-0.39, 0.29) is 0 Å². The molecule has 2 fully saturated rings. The van der Waals surface area contributed by atoms with Crippen molar-refractivity contribution in [3.8, 4) is 0 Å². The molecular formula is C11H12ClIN2. The van der Waals surface area contributed by atoms with Gasteiger partial charge in [-0.05, 0) is 48.3 Å². The summed E-state index contributed by atoms with van der Waals surface area (Å²) in [4.78, 5) is 9.13. The van der Waals surface area contributed by atoms with Gasteiger partial charge in [0.1, 0.15) is 11.0 Å². The number of nitrogens with zero attached hydrogens (tertiary/aromatic N) is 2. The van der Waals surface area contributed by atoms with Gasteiger partial charge in [0, 0.05) is 11.8 Å². The Hall–Kier alpha value is 0.100. The topological polar surface area (TPSA) is 25.8 Å². The zero-order valence-corrected chi connectivity index (χ0v) is 11.3. The maximum atomic E-state index is 6.16. The summed E-state index contributed by atoms with van der Waals surface area (Å²) in [6.07, 6.45) is 6.33. The van der Waals surface area contributed by atoms with E-state index in [1.54, 1.807) is 0 Å². The van der Waals surface area contributed by atoms with Crippen LogP contribution in [-0.2, 0) is 0 Å². The van der Waals surface area contributed by atoms with Crippen LogP contribution >= 0.6 is 34.2 Å². The van der Waals surface area contributed by atoms with Crippen molar-refractivity contribution in [3.63, 3.8) is 0 Å². The molecule has 80 valence electrons. The van der Waals surface area contributed by atoms with Gasteiger partial charge in [-0.2, -0.15) is 0 Å². The quantitative estimate of drug-likeness (QED) is 0.606. The molecule has 15 heavy (non-hydrogen) atoms. The molecule has 1 aromatic heterocycles. The van der Waals surface area contributed by atoms with Gasteiger partial charge in [-0.25, -0.2) is 9.97 Å². The first-order valence-electron chi connectivity index (χ1n) is 5.48. The number of halogens is 2. The third-order valence-corrected chi connectivity index (χ3v) is 4.94. The lowest BCUT2D eigenvalue weighted by atomic mass is 9.85. The molecule has 3 rings (SSSR count). The molecule has 0 spiro atoms. The Morgan fingerprint density at radius 3 is 2.33 bits per heavy atom. The van der Waals surface area contributed by atoms with Crippen LogP contribution in [0.2, 0.25) is 5.15 Å². The third kappa shape index (κ3) is 1.88. The fourth-order valence-corrected chi connectivity index (χ4v) is 2.79. The first-order chi connectivity index (χ1) is 7.25. The molecular weight excluding hydrogens is 322 g/mol. The molecule has 2 nitrogen and oxygen atoms in total. The molecule has 1 heterocycles. The van der Waals surface area contributed by atoms with Crippen LogP contribution in [0.15, 0.2) is 0 Å². The van der Waals surface area contributed by atoms with Gasteiger partial charge in [-0.1, -0.05) is 18.0 Å². The van der Waals surface area contributed by atoms with Crippen LogP contribution in [0.1, 0.15) is 55.5 Å². The second-order valence-corrected chi connectivity index (χ2v) is 5.91. The van der Waals surface area contributed by atoms with E-state index in [1.807, 2.05) is 0 Å². The van der Waals surface area contributed by atoms with Crippen molar-refractivity contribution in [2.75, 3.05) is 0 Å². The molecule has 0 amide bonds. The van der Waals surface area contributed by atoms with Gasteiger partial charge in [0.15, 0.2) is 0 Å². The van der Waals surface area contributed by atoms with E-state index in [2.05, 4.69) is 27.6 Å². The van der Waals surface area contributed by atoms with Crippen molar-refractivity contribution in [3.05, 3.63) is 20.2 Å². The van der Waals surface area contributed by atoms with Crippen LogP contribution in [-0.4, -0.2) is 9.97 Å². The molecule has 0 unspecified atom stereocenters. The first kappa shape index (κ1) is 10.3. The van der Waals surface area contributed by atoms with E-state index in [1.165, 1.54) is 37.8 Å². The number of hydrogen-bond donors (Lipinski definition) is 0. The largest absolute Gasteiger partial charge is 0.236 e. The Morgan fingerprint density at radius 1 is 1.07 bits per heavy atom. The highest BCUT2D eigenvalue weighted by Gasteiger charge is 2.31. The lowest BCUT2D eigenvalue weighted by Gasteiger charge is -2.24. The molecule has 0 N–H and O–H groups in total. The Kier molecular flexibility index (Phi) is 2.63. The molecule has 0 aromatic carbocycles. The molecule has 2 saturated carbocycles. The van der Waals surface area contributed by atoms with E-state index >= 15 is 0 Å². The smallest absolute Gasteiger partial charge is 0.146 e. The van der Waals surface area contributed by atoms with Crippen molar-refractivity contribution in [1.82, 2.24) is 9.97 Å². The van der Waals surface area contributed by atoms with E-state index in [4.69, 9.17) is 16.6 Å². The Morgan fingerprint density at radius 2 is 1.80 bits per heavy atom. The number of aromatic nitrogens is 2. The number of rotatable bonds is 2. The predicted octanol–water partition coefficient (Wildman–Crippen LogP) is 3.88.